The Morgan fingerprint density at radius 3 is 2.11 bits per heavy atom. The summed E-state index contributed by atoms with van der Waals surface area (Å²) >= 11 is 1.11. The van der Waals surface area contributed by atoms with E-state index in [0.717, 1.165) is 41.2 Å². The predicted octanol–water partition coefficient (Wildman–Crippen LogP) is 2.71. The van der Waals surface area contributed by atoms with E-state index in [1.165, 1.54) is 11.0 Å². The van der Waals surface area contributed by atoms with E-state index in [1.54, 1.807) is 28.5 Å². The molecule has 3 amide bonds. The Balaban J connectivity index is 1.53. The van der Waals surface area contributed by atoms with Gasteiger partial charge in [-0.3, -0.25) is 14.4 Å². The van der Waals surface area contributed by atoms with Gasteiger partial charge in [0, 0.05) is 31.7 Å². The molecular weight excluding hydrogens is 505 g/mol. The molecule has 11 heteroatoms. The minimum Gasteiger partial charge on any atom is -0.336 e. The van der Waals surface area contributed by atoms with E-state index in [1.807, 2.05) is 19.1 Å². The standard InChI is InChI=1S/C25H24FN3O5S2/c1-17-4-6-18(7-5-17)24(31)28-12-14-29(15-13-28)25(32)23(27-22(30)21-3-2-16-35-21)36(33,34)20-10-8-19(26)9-11-20/h2-11,16,23H,12-15H2,1H3,(H,27,30)/t23-/m0/s1. The Kier molecular flexibility index (Phi) is 7.51. The quantitative estimate of drug-likeness (QED) is 0.495. The molecule has 1 aromatic heterocycles. The molecule has 1 saturated heterocycles. The highest BCUT2D eigenvalue weighted by Gasteiger charge is 2.39. The van der Waals surface area contributed by atoms with Gasteiger partial charge in [0.15, 0.2) is 0 Å². The highest BCUT2D eigenvalue weighted by atomic mass is 32.2. The molecule has 0 unspecified atom stereocenters. The van der Waals surface area contributed by atoms with Gasteiger partial charge in [-0.05, 0) is 54.8 Å². The zero-order chi connectivity index (χ0) is 25.9. The van der Waals surface area contributed by atoms with Gasteiger partial charge in [0.2, 0.25) is 15.2 Å². The highest BCUT2D eigenvalue weighted by Crippen LogP contribution is 2.20. The van der Waals surface area contributed by atoms with Gasteiger partial charge in [-0.25, -0.2) is 12.8 Å². The van der Waals surface area contributed by atoms with Crippen molar-refractivity contribution in [3.8, 4) is 0 Å². The largest absolute Gasteiger partial charge is 0.336 e. The van der Waals surface area contributed by atoms with E-state index in [4.69, 9.17) is 0 Å². The molecule has 8 nitrogen and oxygen atoms in total. The second-order valence-electron chi connectivity index (χ2n) is 8.31. The minimum atomic E-state index is -4.40. The fourth-order valence-corrected chi connectivity index (χ4v) is 5.90. The molecule has 2 heterocycles. The molecule has 0 spiro atoms. The number of amides is 3. The van der Waals surface area contributed by atoms with Crippen LogP contribution in [0.15, 0.2) is 70.9 Å². The van der Waals surface area contributed by atoms with Crippen LogP contribution in [-0.4, -0.2) is 67.5 Å². The lowest BCUT2D eigenvalue weighted by atomic mass is 10.1. The lowest BCUT2D eigenvalue weighted by Gasteiger charge is -2.36. The molecule has 2 aromatic carbocycles. The van der Waals surface area contributed by atoms with Gasteiger partial charge < -0.3 is 15.1 Å². The Morgan fingerprint density at radius 1 is 0.917 bits per heavy atom. The molecule has 1 aliphatic heterocycles. The Labute approximate surface area is 212 Å². The van der Waals surface area contributed by atoms with Crippen LogP contribution in [0.2, 0.25) is 0 Å². The molecule has 0 saturated carbocycles. The van der Waals surface area contributed by atoms with E-state index in [0.29, 0.717) is 5.56 Å². The van der Waals surface area contributed by atoms with E-state index in [-0.39, 0.29) is 41.9 Å². The molecule has 188 valence electrons. The minimum absolute atomic E-state index is 0.0980. The summed E-state index contributed by atoms with van der Waals surface area (Å²) in [6.07, 6.45) is 0. The summed E-state index contributed by atoms with van der Waals surface area (Å²) in [6.45, 7) is 2.54. The average Bonchev–Trinajstić information content (AvgIpc) is 3.42. The molecule has 4 rings (SSSR count). The van der Waals surface area contributed by atoms with Crippen molar-refractivity contribution in [2.75, 3.05) is 26.2 Å². The number of thiophene rings is 1. The molecular formula is C25H24FN3O5S2. The van der Waals surface area contributed by atoms with Crippen molar-refractivity contribution < 1.29 is 27.2 Å². The van der Waals surface area contributed by atoms with Crippen molar-refractivity contribution in [1.29, 1.82) is 0 Å². The molecule has 1 N–H and O–H groups in total. The van der Waals surface area contributed by atoms with Crippen molar-refractivity contribution in [2.24, 2.45) is 0 Å². The van der Waals surface area contributed by atoms with Crippen LogP contribution in [0.4, 0.5) is 4.39 Å². The van der Waals surface area contributed by atoms with Gasteiger partial charge >= 0.3 is 0 Å². The van der Waals surface area contributed by atoms with Gasteiger partial charge in [-0.1, -0.05) is 23.8 Å². The summed E-state index contributed by atoms with van der Waals surface area (Å²) in [5.41, 5.74) is 1.56. The summed E-state index contributed by atoms with van der Waals surface area (Å²) in [4.78, 5) is 41.8. The number of carbonyl (C=O) groups is 3. The number of benzene rings is 2. The zero-order valence-corrected chi connectivity index (χ0v) is 21.0. The second-order valence-corrected chi connectivity index (χ2v) is 11.3. The summed E-state index contributed by atoms with van der Waals surface area (Å²) in [5, 5.41) is 2.10. The zero-order valence-electron chi connectivity index (χ0n) is 19.4. The normalized spacial score (nSPS) is 14.8. The molecule has 0 bridgehead atoms. The van der Waals surface area contributed by atoms with Gasteiger partial charge in [0.25, 0.3) is 17.7 Å². The fraction of sp³-hybridized carbons (Fsp3) is 0.240. The maximum Gasteiger partial charge on any atom is 0.262 e. The van der Waals surface area contributed by atoms with E-state index in [2.05, 4.69) is 5.32 Å². The monoisotopic (exact) mass is 529 g/mol. The molecule has 0 aliphatic carbocycles. The van der Waals surface area contributed by atoms with Crippen molar-refractivity contribution >= 4 is 38.9 Å². The maximum atomic E-state index is 13.4. The Hall–Kier alpha value is -3.57. The first kappa shape index (κ1) is 25.5. The first-order valence-electron chi connectivity index (χ1n) is 11.2. The number of rotatable bonds is 6. The molecule has 3 aromatic rings. The Morgan fingerprint density at radius 2 is 1.53 bits per heavy atom. The van der Waals surface area contributed by atoms with Crippen LogP contribution in [0.25, 0.3) is 0 Å². The summed E-state index contributed by atoms with van der Waals surface area (Å²) in [7, 11) is -4.40. The second kappa shape index (κ2) is 10.6. The topological polar surface area (TPSA) is 104 Å². The van der Waals surface area contributed by atoms with Crippen LogP contribution in [-0.2, 0) is 14.6 Å². The number of halogens is 1. The van der Waals surface area contributed by atoms with Crippen molar-refractivity contribution in [3.05, 3.63) is 87.9 Å². The first-order chi connectivity index (χ1) is 17.2. The first-order valence-corrected chi connectivity index (χ1v) is 13.6. The van der Waals surface area contributed by atoms with Crippen molar-refractivity contribution in [3.63, 3.8) is 0 Å². The lowest BCUT2D eigenvalue weighted by molar-refractivity contribution is -0.132. The van der Waals surface area contributed by atoms with E-state index >= 15 is 0 Å². The van der Waals surface area contributed by atoms with Gasteiger partial charge in [0.05, 0.1) is 9.77 Å². The third-order valence-corrected chi connectivity index (χ3v) is 8.60. The number of nitrogens with one attached hydrogen (secondary N) is 1. The van der Waals surface area contributed by atoms with Gasteiger partial charge in [-0.2, -0.15) is 0 Å². The smallest absolute Gasteiger partial charge is 0.262 e. The highest BCUT2D eigenvalue weighted by molar-refractivity contribution is 7.92. The fourth-order valence-electron chi connectivity index (χ4n) is 3.80. The van der Waals surface area contributed by atoms with Crippen LogP contribution in [0.3, 0.4) is 0 Å². The van der Waals surface area contributed by atoms with E-state index < -0.39 is 32.8 Å². The number of piperazine rings is 1. The molecule has 1 aliphatic rings. The summed E-state index contributed by atoms with van der Waals surface area (Å²) < 4.78 is 40.1. The van der Waals surface area contributed by atoms with Crippen LogP contribution in [0, 0.1) is 12.7 Å². The average molecular weight is 530 g/mol. The molecule has 0 radical (unpaired) electrons. The van der Waals surface area contributed by atoms with Crippen molar-refractivity contribution in [1.82, 2.24) is 15.1 Å². The summed E-state index contributed by atoms with van der Waals surface area (Å²) in [5.74, 6) is -2.33. The van der Waals surface area contributed by atoms with Gasteiger partial charge in [-0.15, -0.1) is 11.3 Å². The predicted molar refractivity (Wildman–Crippen MR) is 133 cm³/mol. The number of sulfone groups is 1. The number of carbonyl (C=O) groups excluding carboxylic acids is 3. The summed E-state index contributed by atoms with van der Waals surface area (Å²) in [6, 6.07) is 14.4. The SMILES string of the molecule is Cc1ccc(C(=O)N2CCN(C(=O)[C@@H](NC(=O)c3cccs3)S(=O)(=O)c3ccc(F)cc3)CC2)cc1. The number of nitrogens with zero attached hydrogens (tertiary/aromatic N) is 2. The number of aryl methyl sites for hydroxylation is 1. The lowest BCUT2D eigenvalue weighted by Crippen LogP contribution is -2.57. The van der Waals surface area contributed by atoms with Crippen LogP contribution >= 0.6 is 11.3 Å². The van der Waals surface area contributed by atoms with Crippen LogP contribution < -0.4 is 5.32 Å². The van der Waals surface area contributed by atoms with Crippen LogP contribution in [0.5, 0.6) is 0 Å². The third kappa shape index (κ3) is 5.47. The maximum absolute atomic E-state index is 13.4. The molecule has 1 atom stereocenters. The Bertz CT molecular complexity index is 1350. The molecule has 36 heavy (non-hydrogen) atoms. The van der Waals surface area contributed by atoms with Crippen LogP contribution in [0.1, 0.15) is 25.6 Å². The van der Waals surface area contributed by atoms with Crippen molar-refractivity contribution in [2.45, 2.75) is 17.2 Å². The van der Waals surface area contributed by atoms with E-state index in [9.17, 15) is 27.2 Å². The number of hydrogen-bond acceptors (Lipinski definition) is 6. The number of hydrogen-bond donors (Lipinski definition) is 1. The van der Waals surface area contributed by atoms with Gasteiger partial charge in [0.1, 0.15) is 5.82 Å². The third-order valence-electron chi connectivity index (χ3n) is 5.86. The molecule has 1 fully saturated rings.